The number of aromatic nitrogens is 3. The molecule has 10 heteroatoms. The number of methoxy groups -OCH3 is 2. The largest absolute Gasteiger partial charge is 0.493 e. The Labute approximate surface area is 186 Å². The number of thioether (sulfide) groups is 1. The average Bonchev–Trinajstić information content (AvgIpc) is 3.12. The fourth-order valence-corrected chi connectivity index (χ4v) is 3.70. The van der Waals surface area contributed by atoms with Crippen LogP contribution in [0.4, 0.5) is 0 Å². The van der Waals surface area contributed by atoms with Crippen molar-refractivity contribution in [2.45, 2.75) is 5.16 Å². The number of ether oxygens (including phenoxy) is 2. The molecule has 156 valence electrons. The zero-order valence-electron chi connectivity index (χ0n) is 16.6. The standard InChI is InChI=1S/C20H20BrN5O3S/c1-26-19(14-5-4-6-15(21)10-14)24-25-20(26)30-12-18(27)23-22-11-13-7-8-16(28-2)17(9-13)29-3/h4-11H,12H2,1-3H3,(H,23,27)/b22-11-. The Morgan fingerprint density at radius 3 is 2.73 bits per heavy atom. The van der Waals surface area contributed by atoms with Crippen LogP contribution in [0.2, 0.25) is 0 Å². The molecule has 8 nitrogen and oxygen atoms in total. The number of hydrazone groups is 1. The molecule has 3 aromatic rings. The number of carbonyl (C=O) groups excluding carboxylic acids is 1. The van der Waals surface area contributed by atoms with E-state index >= 15 is 0 Å². The molecule has 0 atom stereocenters. The van der Waals surface area contributed by atoms with Gasteiger partial charge in [0, 0.05) is 17.1 Å². The molecule has 1 aromatic heterocycles. The summed E-state index contributed by atoms with van der Waals surface area (Å²) in [5, 5.41) is 13.0. The molecule has 1 amide bonds. The summed E-state index contributed by atoms with van der Waals surface area (Å²) in [6, 6.07) is 13.2. The van der Waals surface area contributed by atoms with Gasteiger partial charge in [-0.3, -0.25) is 4.79 Å². The van der Waals surface area contributed by atoms with Gasteiger partial charge in [0.15, 0.2) is 22.5 Å². The SMILES string of the molecule is COc1ccc(/C=N\NC(=O)CSc2nnc(-c3cccc(Br)c3)n2C)cc1OC. The average molecular weight is 490 g/mol. The van der Waals surface area contributed by atoms with Gasteiger partial charge in [-0.2, -0.15) is 5.10 Å². The van der Waals surface area contributed by atoms with Crippen LogP contribution in [0.1, 0.15) is 5.56 Å². The van der Waals surface area contributed by atoms with Gasteiger partial charge in [0.2, 0.25) is 0 Å². The van der Waals surface area contributed by atoms with Crippen LogP contribution in [0.25, 0.3) is 11.4 Å². The molecule has 1 N–H and O–H groups in total. The summed E-state index contributed by atoms with van der Waals surface area (Å²) in [4.78, 5) is 12.1. The third-order valence-electron chi connectivity index (χ3n) is 4.06. The van der Waals surface area contributed by atoms with E-state index in [2.05, 4.69) is 36.7 Å². The van der Waals surface area contributed by atoms with Gasteiger partial charge >= 0.3 is 0 Å². The minimum Gasteiger partial charge on any atom is -0.493 e. The summed E-state index contributed by atoms with van der Waals surface area (Å²) < 4.78 is 13.3. The Kier molecular flexibility index (Phi) is 7.47. The number of carbonyl (C=O) groups is 1. The monoisotopic (exact) mass is 489 g/mol. The Morgan fingerprint density at radius 2 is 2.00 bits per heavy atom. The topological polar surface area (TPSA) is 90.6 Å². The maximum absolute atomic E-state index is 12.1. The van der Waals surface area contributed by atoms with E-state index in [1.807, 2.05) is 41.9 Å². The number of halogens is 1. The summed E-state index contributed by atoms with van der Waals surface area (Å²) in [5.41, 5.74) is 4.22. The van der Waals surface area contributed by atoms with Crippen LogP contribution >= 0.6 is 27.7 Å². The fourth-order valence-electron chi connectivity index (χ4n) is 2.59. The highest BCUT2D eigenvalue weighted by molar-refractivity contribution is 9.10. The molecule has 0 unspecified atom stereocenters. The maximum atomic E-state index is 12.1. The second-order valence-corrected chi connectivity index (χ2v) is 7.93. The van der Waals surface area contributed by atoms with Gasteiger partial charge in [-0.1, -0.05) is 39.8 Å². The van der Waals surface area contributed by atoms with Gasteiger partial charge in [-0.05, 0) is 35.9 Å². The minimum absolute atomic E-state index is 0.160. The highest BCUT2D eigenvalue weighted by Gasteiger charge is 2.13. The van der Waals surface area contributed by atoms with Crippen molar-refractivity contribution in [3.05, 3.63) is 52.5 Å². The van der Waals surface area contributed by atoms with E-state index in [-0.39, 0.29) is 11.7 Å². The van der Waals surface area contributed by atoms with Gasteiger partial charge in [0.1, 0.15) is 0 Å². The number of amides is 1. The van der Waals surface area contributed by atoms with Gasteiger partial charge in [0.05, 0.1) is 26.2 Å². The lowest BCUT2D eigenvalue weighted by Crippen LogP contribution is -2.19. The number of benzene rings is 2. The van der Waals surface area contributed by atoms with Crippen molar-refractivity contribution in [2.75, 3.05) is 20.0 Å². The third kappa shape index (κ3) is 5.39. The number of nitrogens with one attached hydrogen (secondary N) is 1. The van der Waals surface area contributed by atoms with Crippen molar-refractivity contribution < 1.29 is 14.3 Å². The lowest BCUT2D eigenvalue weighted by molar-refractivity contribution is -0.118. The normalized spacial score (nSPS) is 10.9. The van der Waals surface area contributed by atoms with Crippen molar-refractivity contribution in [1.82, 2.24) is 20.2 Å². The zero-order valence-corrected chi connectivity index (χ0v) is 19.0. The highest BCUT2D eigenvalue weighted by atomic mass is 79.9. The summed E-state index contributed by atoms with van der Waals surface area (Å²) in [6.45, 7) is 0. The van der Waals surface area contributed by atoms with Gasteiger partial charge in [-0.25, -0.2) is 5.43 Å². The van der Waals surface area contributed by atoms with E-state index in [0.717, 1.165) is 21.4 Å². The van der Waals surface area contributed by atoms with E-state index in [0.29, 0.717) is 16.7 Å². The molecule has 0 bridgehead atoms. The lowest BCUT2D eigenvalue weighted by Gasteiger charge is -2.07. The van der Waals surface area contributed by atoms with Crippen molar-refractivity contribution in [3.63, 3.8) is 0 Å². The molecule has 0 spiro atoms. The Morgan fingerprint density at radius 1 is 1.20 bits per heavy atom. The number of hydrogen-bond donors (Lipinski definition) is 1. The first-order chi connectivity index (χ1) is 14.5. The van der Waals surface area contributed by atoms with Crippen LogP contribution in [0, 0.1) is 0 Å². The van der Waals surface area contributed by atoms with E-state index in [1.54, 1.807) is 26.4 Å². The minimum atomic E-state index is -0.247. The van der Waals surface area contributed by atoms with Crippen LogP contribution in [-0.4, -0.2) is 46.9 Å². The molecule has 2 aromatic carbocycles. The second kappa shape index (κ2) is 10.3. The molecular weight excluding hydrogens is 470 g/mol. The molecule has 0 aliphatic rings. The van der Waals surface area contributed by atoms with Crippen LogP contribution in [-0.2, 0) is 11.8 Å². The second-order valence-electron chi connectivity index (χ2n) is 6.07. The van der Waals surface area contributed by atoms with E-state index in [1.165, 1.54) is 18.0 Å². The van der Waals surface area contributed by atoms with Crippen LogP contribution < -0.4 is 14.9 Å². The van der Waals surface area contributed by atoms with Gasteiger partial charge in [0.25, 0.3) is 5.91 Å². The predicted octanol–water partition coefficient (Wildman–Crippen LogP) is 3.50. The fraction of sp³-hybridized carbons (Fsp3) is 0.200. The number of nitrogens with zero attached hydrogens (tertiary/aromatic N) is 4. The van der Waals surface area contributed by atoms with E-state index < -0.39 is 0 Å². The smallest absolute Gasteiger partial charge is 0.250 e. The Bertz CT molecular complexity index is 1070. The summed E-state index contributed by atoms with van der Waals surface area (Å²) >= 11 is 4.74. The first kappa shape index (κ1) is 21.8. The summed E-state index contributed by atoms with van der Waals surface area (Å²) in [5.74, 6) is 1.86. The van der Waals surface area contributed by atoms with Crippen LogP contribution in [0.3, 0.4) is 0 Å². The number of hydrogen-bond acceptors (Lipinski definition) is 7. The molecule has 0 fully saturated rings. The zero-order chi connectivity index (χ0) is 21.5. The van der Waals surface area contributed by atoms with Crippen LogP contribution in [0.5, 0.6) is 11.5 Å². The number of rotatable bonds is 8. The molecular formula is C20H20BrN5O3S. The first-order valence-electron chi connectivity index (χ1n) is 8.84. The summed E-state index contributed by atoms with van der Waals surface area (Å²) in [6.07, 6.45) is 1.54. The molecule has 0 radical (unpaired) electrons. The molecule has 0 saturated carbocycles. The summed E-state index contributed by atoms with van der Waals surface area (Å²) in [7, 11) is 5.00. The quantitative estimate of drug-likeness (QED) is 0.295. The molecule has 0 saturated heterocycles. The molecule has 30 heavy (non-hydrogen) atoms. The van der Waals surface area contributed by atoms with Gasteiger partial charge in [-0.15, -0.1) is 10.2 Å². The maximum Gasteiger partial charge on any atom is 0.250 e. The van der Waals surface area contributed by atoms with Gasteiger partial charge < -0.3 is 14.0 Å². The molecule has 3 rings (SSSR count). The van der Waals surface area contributed by atoms with Crippen molar-refractivity contribution >= 4 is 39.8 Å². The highest BCUT2D eigenvalue weighted by Crippen LogP contribution is 2.27. The predicted molar refractivity (Wildman–Crippen MR) is 120 cm³/mol. The molecule has 0 aliphatic carbocycles. The molecule has 0 aliphatic heterocycles. The molecule has 1 heterocycles. The van der Waals surface area contributed by atoms with Crippen molar-refractivity contribution in [3.8, 4) is 22.9 Å². The Hall–Kier alpha value is -2.85. The third-order valence-corrected chi connectivity index (χ3v) is 5.57. The van der Waals surface area contributed by atoms with Crippen LogP contribution in [0.15, 0.2) is 57.2 Å². The van der Waals surface area contributed by atoms with Crippen molar-refractivity contribution in [1.29, 1.82) is 0 Å². The first-order valence-corrected chi connectivity index (χ1v) is 10.6. The Balaban J connectivity index is 1.56. The van der Waals surface area contributed by atoms with E-state index in [9.17, 15) is 4.79 Å². The van der Waals surface area contributed by atoms with E-state index in [4.69, 9.17) is 9.47 Å². The van der Waals surface area contributed by atoms with Crippen molar-refractivity contribution in [2.24, 2.45) is 12.1 Å². The lowest BCUT2D eigenvalue weighted by atomic mass is 10.2.